The van der Waals surface area contributed by atoms with Crippen LogP contribution in [-0.2, 0) is 6.42 Å². The Bertz CT molecular complexity index is 754. The number of pyridine rings is 1. The first-order chi connectivity index (χ1) is 10.6. The van der Waals surface area contributed by atoms with Crippen molar-refractivity contribution in [3.8, 4) is 0 Å². The molecular formula is C17H18N2O2S. The highest BCUT2D eigenvalue weighted by Crippen LogP contribution is 2.35. The fraction of sp³-hybridized carbons (Fsp3) is 0.294. The van der Waals surface area contributed by atoms with Crippen LogP contribution in [0.15, 0.2) is 41.2 Å². The molecule has 3 rings (SSSR count). The average molecular weight is 314 g/mol. The van der Waals surface area contributed by atoms with Crippen LogP contribution in [0.2, 0.25) is 0 Å². The largest absolute Gasteiger partial charge is 0.350 e. The number of thioether (sulfide) groups is 1. The van der Waals surface area contributed by atoms with Crippen molar-refractivity contribution >= 4 is 17.7 Å². The summed E-state index contributed by atoms with van der Waals surface area (Å²) in [6.45, 7) is 2.33. The summed E-state index contributed by atoms with van der Waals surface area (Å²) < 4.78 is 0. The van der Waals surface area contributed by atoms with Crippen LogP contribution in [0, 0.1) is 6.92 Å². The van der Waals surface area contributed by atoms with Crippen molar-refractivity contribution in [2.24, 2.45) is 0 Å². The minimum Gasteiger partial charge on any atom is -0.350 e. The second-order valence-electron chi connectivity index (χ2n) is 5.40. The van der Waals surface area contributed by atoms with Crippen LogP contribution < -0.4 is 10.9 Å². The number of H-pyrrole nitrogens is 1. The number of hydrogen-bond acceptors (Lipinski definition) is 3. The Hall–Kier alpha value is -2.01. The van der Waals surface area contributed by atoms with E-state index in [1.54, 1.807) is 19.1 Å². The molecule has 2 aromatic rings. The van der Waals surface area contributed by atoms with E-state index < -0.39 is 0 Å². The molecule has 1 aliphatic heterocycles. The number of aryl methyl sites for hydroxylation is 2. The Morgan fingerprint density at radius 1 is 1.32 bits per heavy atom. The van der Waals surface area contributed by atoms with E-state index >= 15 is 0 Å². The molecule has 114 valence electrons. The number of rotatable bonds is 3. The first kappa shape index (κ1) is 14.9. The molecule has 0 radical (unpaired) electrons. The lowest BCUT2D eigenvalue weighted by Gasteiger charge is -2.25. The number of aromatic nitrogens is 1. The zero-order valence-electron chi connectivity index (χ0n) is 12.4. The van der Waals surface area contributed by atoms with Crippen LogP contribution in [-0.4, -0.2) is 23.2 Å². The molecule has 1 aromatic heterocycles. The lowest BCUT2D eigenvalue weighted by atomic mass is 10.0. The van der Waals surface area contributed by atoms with Crippen LogP contribution in [0.25, 0.3) is 0 Å². The molecule has 0 bridgehead atoms. The molecule has 0 aliphatic carbocycles. The number of fused-ring (bicyclic) bond motifs is 1. The number of amides is 1. The number of hydrogen-bond donors (Lipinski definition) is 2. The molecule has 22 heavy (non-hydrogen) atoms. The highest BCUT2D eigenvalue weighted by molar-refractivity contribution is 7.99. The Labute approximate surface area is 133 Å². The third-order valence-corrected chi connectivity index (χ3v) is 5.10. The molecular weight excluding hydrogens is 296 g/mol. The summed E-state index contributed by atoms with van der Waals surface area (Å²) in [6.07, 6.45) is 1.07. The summed E-state index contributed by atoms with van der Waals surface area (Å²) >= 11 is 1.85. The van der Waals surface area contributed by atoms with Gasteiger partial charge in [0.05, 0.1) is 0 Å². The monoisotopic (exact) mass is 314 g/mol. The summed E-state index contributed by atoms with van der Waals surface area (Å²) in [5, 5.41) is 3.14. The fourth-order valence-corrected chi connectivity index (χ4v) is 3.91. The number of carbonyl (C=O) groups is 1. The number of nitrogens with one attached hydrogen (secondary N) is 2. The average Bonchev–Trinajstić information content (AvgIpc) is 2.52. The van der Waals surface area contributed by atoms with E-state index in [1.807, 2.05) is 17.8 Å². The maximum atomic E-state index is 12.2. The van der Waals surface area contributed by atoms with Crippen LogP contribution >= 0.6 is 11.8 Å². The molecule has 1 aromatic carbocycles. The van der Waals surface area contributed by atoms with Crippen molar-refractivity contribution in [1.29, 1.82) is 0 Å². The molecule has 0 fully saturated rings. The minimum atomic E-state index is -0.339. The third-order valence-electron chi connectivity index (χ3n) is 3.84. The Kier molecular flexibility index (Phi) is 4.34. The lowest BCUT2D eigenvalue weighted by molar-refractivity contribution is 0.0952. The van der Waals surface area contributed by atoms with Crippen LogP contribution in [0.3, 0.4) is 0 Å². The zero-order chi connectivity index (χ0) is 15.5. The van der Waals surface area contributed by atoms with E-state index in [2.05, 4.69) is 28.5 Å². The van der Waals surface area contributed by atoms with Gasteiger partial charge in [0.1, 0.15) is 5.56 Å². The van der Waals surface area contributed by atoms with Crippen LogP contribution in [0.5, 0.6) is 0 Å². The number of benzene rings is 1. The van der Waals surface area contributed by atoms with Gasteiger partial charge in [-0.05, 0) is 42.4 Å². The van der Waals surface area contributed by atoms with Crippen molar-refractivity contribution in [3.63, 3.8) is 0 Å². The second kappa shape index (κ2) is 6.40. The van der Waals surface area contributed by atoms with Crippen molar-refractivity contribution in [1.82, 2.24) is 10.3 Å². The van der Waals surface area contributed by atoms with E-state index in [0.29, 0.717) is 6.54 Å². The van der Waals surface area contributed by atoms with Gasteiger partial charge in [-0.25, -0.2) is 0 Å². The summed E-state index contributed by atoms with van der Waals surface area (Å²) in [4.78, 5) is 26.7. The molecule has 0 spiro atoms. The molecule has 1 amide bonds. The second-order valence-corrected chi connectivity index (χ2v) is 6.71. The summed E-state index contributed by atoms with van der Waals surface area (Å²) in [7, 11) is 0. The zero-order valence-corrected chi connectivity index (χ0v) is 13.2. The van der Waals surface area contributed by atoms with Crippen molar-refractivity contribution in [2.45, 2.75) is 18.6 Å². The van der Waals surface area contributed by atoms with Gasteiger partial charge in [-0.2, -0.15) is 11.8 Å². The Morgan fingerprint density at radius 2 is 2.14 bits per heavy atom. The van der Waals surface area contributed by atoms with Crippen molar-refractivity contribution in [3.05, 3.63) is 69.1 Å². The van der Waals surface area contributed by atoms with Gasteiger partial charge in [-0.15, -0.1) is 0 Å². The maximum Gasteiger partial charge on any atom is 0.260 e. The van der Waals surface area contributed by atoms with Gasteiger partial charge in [0.2, 0.25) is 0 Å². The number of aromatic amines is 1. The standard InChI is InChI=1S/C17H18N2O2S/c1-11-6-7-14(17(21)19-11)16(20)18-10-15-13-5-3-2-4-12(13)8-9-22-15/h2-7,15H,8-10H2,1H3,(H,18,20)(H,19,21)/t15-/m1/s1. The maximum absolute atomic E-state index is 12.2. The highest BCUT2D eigenvalue weighted by Gasteiger charge is 2.21. The molecule has 0 saturated carbocycles. The minimum absolute atomic E-state index is 0.166. The molecule has 1 aliphatic rings. The van der Waals surface area contributed by atoms with Gasteiger partial charge in [0, 0.05) is 17.5 Å². The highest BCUT2D eigenvalue weighted by atomic mass is 32.2. The third kappa shape index (κ3) is 3.09. The van der Waals surface area contributed by atoms with Gasteiger partial charge in [-0.3, -0.25) is 9.59 Å². The molecule has 0 saturated heterocycles. The Morgan fingerprint density at radius 3 is 2.95 bits per heavy atom. The molecule has 0 unspecified atom stereocenters. The van der Waals surface area contributed by atoms with Crippen molar-refractivity contribution in [2.75, 3.05) is 12.3 Å². The predicted octanol–water partition coefficient (Wildman–Crippen LogP) is 2.44. The van der Waals surface area contributed by atoms with Crippen molar-refractivity contribution < 1.29 is 4.79 Å². The molecule has 5 heteroatoms. The van der Waals surface area contributed by atoms with Crippen LogP contribution in [0.1, 0.15) is 32.4 Å². The molecule has 2 N–H and O–H groups in total. The molecule has 2 heterocycles. The van der Waals surface area contributed by atoms with Crippen LogP contribution in [0.4, 0.5) is 0 Å². The summed E-state index contributed by atoms with van der Waals surface area (Å²) in [5.74, 6) is 0.743. The van der Waals surface area contributed by atoms with Gasteiger partial charge < -0.3 is 10.3 Å². The normalized spacial score (nSPS) is 16.9. The van der Waals surface area contributed by atoms with E-state index in [4.69, 9.17) is 0 Å². The first-order valence-corrected chi connectivity index (χ1v) is 8.37. The summed E-state index contributed by atoms with van der Waals surface area (Å²) in [5.41, 5.74) is 3.22. The quantitative estimate of drug-likeness (QED) is 0.915. The SMILES string of the molecule is Cc1ccc(C(=O)NC[C@H]2SCCc3ccccc32)c(=O)[nH]1. The van der Waals surface area contributed by atoms with Gasteiger partial charge in [0.15, 0.2) is 0 Å². The van der Waals surface area contributed by atoms with Gasteiger partial charge in [0.25, 0.3) is 11.5 Å². The van der Waals surface area contributed by atoms with E-state index in [1.165, 1.54) is 11.1 Å². The Balaban J connectivity index is 1.71. The lowest BCUT2D eigenvalue weighted by Crippen LogP contribution is -2.33. The van der Waals surface area contributed by atoms with E-state index in [0.717, 1.165) is 17.9 Å². The number of carbonyl (C=O) groups excluding carboxylic acids is 1. The smallest absolute Gasteiger partial charge is 0.260 e. The first-order valence-electron chi connectivity index (χ1n) is 7.32. The van der Waals surface area contributed by atoms with E-state index in [-0.39, 0.29) is 22.3 Å². The van der Waals surface area contributed by atoms with E-state index in [9.17, 15) is 9.59 Å². The topological polar surface area (TPSA) is 62.0 Å². The van der Waals surface area contributed by atoms with Gasteiger partial charge >= 0.3 is 0 Å². The summed E-state index contributed by atoms with van der Waals surface area (Å²) in [6, 6.07) is 11.7. The molecule has 1 atom stereocenters. The fourth-order valence-electron chi connectivity index (χ4n) is 2.68. The predicted molar refractivity (Wildman–Crippen MR) is 89.5 cm³/mol. The molecule has 4 nitrogen and oxygen atoms in total. The van der Waals surface area contributed by atoms with Gasteiger partial charge in [-0.1, -0.05) is 24.3 Å².